The first-order chi connectivity index (χ1) is 14.7. The molecule has 1 aliphatic heterocycles. The smallest absolute Gasteiger partial charge is 0.272 e. The minimum atomic E-state index is -0.165. The van der Waals surface area contributed by atoms with Crippen LogP contribution in [0, 0.1) is 0 Å². The summed E-state index contributed by atoms with van der Waals surface area (Å²) in [6.07, 6.45) is 2.79. The second-order valence-corrected chi connectivity index (χ2v) is 8.71. The molecule has 1 aliphatic rings. The second-order valence-electron chi connectivity index (χ2n) is 7.21. The Bertz CT molecular complexity index is 1190. The van der Waals surface area contributed by atoms with Crippen LogP contribution >= 0.6 is 23.4 Å². The lowest BCUT2D eigenvalue weighted by molar-refractivity contribution is 0.0950. The van der Waals surface area contributed by atoms with E-state index in [4.69, 9.17) is 11.6 Å². The fourth-order valence-corrected chi connectivity index (χ4v) is 4.74. The lowest BCUT2D eigenvalue weighted by Gasteiger charge is -2.04. The number of nitrogens with zero attached hydrogens (tertiary/aromatic N) is 4. The van der Waals surface area contributed by atoms with Gasteiger partial charge in [-0.15, -0.1) is 0 Å². The van der Waals surface area contributed by atoms with E-state index in [1.54, 1.807) is 11.8 Å². The molecular weight excluding hydrogens is 418 g/mol. The van der Waals surface area contributed by atoms with Gasteiger partial charge in [0.1, 0.15) is 0 Å². The number of halogens is 1. The minimum Gasteiger partial charge on any atom is -0.350 e. The van der Waals surface area contributed by atoms with E-state index >= 15 is 0 Å². The normalized spacial score (nSPS) is 13.0. The van der Waals surface area contributed by atoms with Gasteiger partial charge >= 0.3 is 0 Å². The molecule has 5 rings (SSSR count). The predicted molar refractivity (Wildman–Crippen MR) is 119 cm³/mol. The highest BCUT2D eigenvalue weighted by Crippen LogP contribution is 2.24. The lowest BCUT2D eigenvalue weighted by Crippen LogP contribution is -2.26. The van der Waals surface area contributed by atoms with Crippen molar-refractivity contribution in [1.29, 1.82) is 0 Å². The van der Waals surface area contributed by atoms with Crippen molar-refractivity contribution in [3.05, 3.63) is 76.7 Å². The molecule has 0 saturated heterocycles. The van der Waals surface area contributed by atoms with Crippen LogP contribution in [0.3, 0.4) is 0 Å². The van der Waals surface area contributed by atoms with Gasteiger partial charge in [0.15, 0.2) is 10.9 Å². The maximum absolute atomic E-state index is 12.9. The van der Waals surface area contributed by atoms with Gasteiger partial charge in [0.25, 0.3) is 5.91 Å². The Balaban J connectivity index is 1.31. The zero-order valence-electron chi connectivity index (χ0n) is 16.2. The molecular formula is C22H20ClN5OS. The maximum Gasteiger partial charge on any atom is 0.272 e. The summed E-state index contributed by atoms with van der Waals surface area (Å²) in [7, 11) is 0. The summed E-state index contributed by atoms with van der Waals surface area (Å²) in [5, 5.41) is 10.2. The van der Waals surface area contributed by atoms with Crippen molar-refractivity contribution in [2.24, 2.45) is 0 Å². The molecule has 1 amide bonds. The van der Waals surface area contributed by atoms with Crippen molar-refractivity contribution in [1.82, 2.24) is 24.6 Å². The number of rotatable bonds is 6. The van der Waals surface area contributed by atoms with Crippen molar-refractivity contribution in [3.63, 3.8) is 0 Å². The number of benzene rings is 2. The number of amides is 1. The van der Waals surface area contributed by atoms with Gasteiger partial charge in [-0.2, -0.15) is 5.10 Å². The second kappa shape index (κ2) is 8.16. The summed E-state index contributed by atoms with van der Waals surface area (Å²) in [6, 6.07) is 15.5. The van der Waals surface area contributed by atoms with Crippen LogP contribution in [-0.2, 0) is 19.5 Å². The monoisotopic (exact) mass is 437 g/mol. The molecule has 0 fully saturated rings. The quantitative estimate of drug-likeness (QED) is 0.495. The summed E-state index contributed by atoms with van der Waals surface area (Å²) in [4.78, 5) is 17.5. The molecule has 0 spiro atoms. The van der Waals surface area contributed by atoms with E-state index in [0.717, 1.165) is 39.6 Å². The van der Waals surface area contributed by atoms with Crippen molar-refractivity contribution in [2.45, 2.75) is 24.7 Å². The van der Waals surface area contributed by atoms with Gasteiger partial charge in [-0.3, -0.25) is 9.48 Å². The summed E-state index contributed by atoms with van der Waals surface area (Å²) >= 11 is 7.76. The van der Waals surface area contributed by atoms with Crippen LogP contribution < -0.4 is 5.32 Å². The fraction of sp³-hybridized carbons (Fsp3) is 0.227. The first kappa shape index (κ1) is 19.2. The van der Waals surface area contributed by atoms with Gasteiger partial charge < -0.3 is 9.88 Å². The third kappa shape index (κ3) is 3.82. The highest BCUT2D eigenvalue weighted by Gasteiger charge is 2.18. The van der Waals surface area contributed by atoms with E-state index in [1.165, 1.54) is 0 Å². The van der Waals surface area contributed by atoms with Crippen LogP contribution in [0.25, 0.3) is 10.9 Å². The molecule has 2 aromatic heterocycles. The average molecular weight is 438 g/mol. The number of aromatic nitrogens is 4. The number of imidazole rings is 1. The predicted octanol–water partition coefficient (Wildman–Crippen LogP) is 4.01. The highest BCUT2D eigenvalue weighted by atomic mass is 35.5. The van der Waals surface area contributed by atoms with Gasteiger partial charge in [-0.1, -0.05) is 53.7 Å². The molecule has 3 heterocycles. The molecule has 0 saturated carbocycles. The third-order valence-electron chi connectivity index (χ3n) is 5.14. The first-order valence-electron chi connectivity index (χ1n) is 9.84. The number of fused-ring (bicyclic) bond motifs is 2. The molecule has 30 heavy (non-hydrogen) atoms. The summed E-state index contributed by atoms with van der Waals surface area (Å²) < 4.78 is 4.04. The number of carbonyl (C=O) groups is 1. The van der Waals surface area contributed by atoms with Crippen LogP contribution in [0.1, 0.15) is 21.7 Å². The zero-order valence-corrected chi connectivity index (χ0v) is 17.8. The van der Waals surface area contributed by atoms with E-state index in [0.29, 0.717) is 30.2 Å². The number of thioether (sulfide) groups is 1. The Morgan fingerprint density at radius 1 is 1.17 bits per heavy atom. The summed E-state index contributed by atoms with van der Waals surface area (Å²) in [5.74, 6) is 0.924. The molecule has 0 aliphatic carbocycles. The van der Waals surface area contributed by atoms with Crippen molar-refractivity contribution >= 4 is 40.2 Å². The van der Waals surface area contributed by atoms with E-state index < -0.39 is 0 Å². The average Bonchev–Trinajstić information content (AvgIpc) is 3.44. The molecule has 2 aromatic carbocycles. The molecule has 152 valence electrons. The SMILES string of the molecule is O=C(NCCc1cn2c(n1)SCC2)c1nn(Cc2ccc(Cl)cc2)c2ccccc12. The van der Waals surface area contributed by atoms with Gasteiger partial charge in [0, 0.05) is 41.9 Å². The number of para-hydroxylation sites is 1. The van der Waals surface area contributed by atoms with Crippen LogP contribution in [-0.4, -0.2) is 37.5 Å². The first-order valence-corrected chi connectivity index (χ1v) is 11.2. The van der Waals surface area contributed by atoms with Gasteiger partial charge in [0.2, 0.25) is 0 Å². The summed E-state index contributed by atoms with van der Waals surface area (Å²) in [6.45, 7) is 2.11. The number of hydrogen-bond donors (Lipinski definition) is 1. The maximum atomic E-state index is 12.9. The Morgan fingerprint density at radius 2 is 2.00 bits per heavy atom. The molecule has 4 aromatic rings. The van der Waals surface area contributed by atoms with Crippen molar-refractivity contribution < 1.29 is 4.79 Å². The molecule has 0 unspecified atom stereocenters. The highest BCUT2D eigenvalue weighted by molar-refractivity contribution is 7.99. The summed E-state index contributed by atoms with van der Waals surface area (Å²) in [5.41, 5.74) is 3.46. The Labute approximate surface area is 183 Å². The van der Waals surface area contributed by atoms with E-state index in [-0.39, 0.29) is 5.91 Å². The van der Waals surface area contributed by atoms with E-state index in [1.807, 2.05) is 53.2 Å². The zero-order chi connectivity index (χ0) is 20.5. The number of nitrogens with one attached hydrogen (secondary N) is 1. The largest absolute Gasteiger partial charge is 0.350 e. The van der Waals surface area contributed by atoms with Crippen LogP contribution in [0.2, 0.25) is 5.02 Å². The Kier molecular flexibility index (Phi) is 5.23. The topological polar surface area (TPSA) is 64.7 Å². The molecule has 6 nitrogen and oxygen atoms in total. The van der Waals surface area contributed by atoms with Gasteiger partial charge in [-0.05, 0) is 23.8 Å². The third-order valence-corrected chi connectivity index (χ3v) is 6.36. The van der Waals surface area contributed by atoms with Crippen LogP contribution in [0.4, 0.5) is 0 Å². The number of aryl methyl sites for hydroxylation is 1. The van der Waals surface area contributed by atoms with Gasteiger partial charge in [0.05, 0.1) is 17.8 Å². The van der Waals surface area contributed by atoms with E-state index in [9.17, 15) is 4.79 Å². The van der Waals surface area contributed by atoms with Crippen molar-refractivity contribution in [2.75, 3.05) is 12.3 Å². The lowest BCUT2D eigenvalue weighted by atomic mass is 10.2. The van der Waals surface area contributed by atoms with Gasteiger partial charge in [-0.25, -0.2) is 4.98 Å². The van der Waals surface area contributed by atoms with Crippen LogP contribution in [0.15, 0.2) is 59.9 Å². The Hall–Kier alpha value is -2.77. The molecule has 0 radical (unpaired) electrons. The number of carbonyl (C=O) groups excluding carboxylic acids is 1. The van der Waals surface area contributed by atoms with E-state index in [2.05, 4.69) is 26.2 Å². The fourth-order valence-electron chi connectivity index (χ4n) is 3.65. The number of hydrogen-bond acceptors (Lipinski definition) is 4. The molecule has 0 atom stereocenters. The molecule has 1 N–H and O–H groups in total. The molecule has 8 heteroatoms. The van der Waals surface area contributed by atoms with Crippen LogP contribution in [0.5, 0.6) is 0 Å². The molecule has 0 bridgehead atoms. The van der Waals surface area contributed by atoms with Crippen molar-refractivity contribution in [3.8, 4) is 0 Å². The minimum absolute atomic E-state index is 0.165. The Morgan fingerprint density at radius 3 is 2.83 bits per heavy atom. The standard InChI is InChI=1S/C22H20ClN5OS/c23-16-7-5-15(6-8-16)13-28-19-4-2-1-3-18(19)20(26-28)21(29)24-10-9-17-14-27-11-12-30-22(27)25-17/h1-8,14H,9-13H2,(H,24,29).